The molecule has 0 atom stereocenters. The van der Waals surface area contributed by atoms with Crippen molar-refractivity contribution < 1.29 is 17.6 Å². The second-order valence-electron chi connectivity index (χ2n) is 5.36. The first-order chi connectivity index (χ1) is 11.3. The number of fused-ring (bicyclic) bond motifs is 1. The van der Waals surface area contributed by atoms with Gasteiger partial charge in [-0.2, -0.15) is 13.2 Å². The predicted octanol–water partition coefficient (Wildman–Crippen LogP) is 4.53. The van der Waals surface area contributed by atoms with Crippen LogP contribution in [-0.2, 0) is 0 Å². The van der Waals surface area contributed by atoms with Crippen molar-refractivity contribution in [2.75, 3.05) is 11.9 Å². The number of aryl methyl sites for hydroxylation is 1. The Morgan fingerprint density at radius 3 is 2.75 bits per heavy atom. The molecule has 3 aromatic rings. The quantitative estimate of drug-likeness (QED) is 0.690. The molecule has 0 bridgehead atoms. The Morgan fingerprint density at radius 2 is 2.00 bits per heavy atom. The fourth-order valence-corrected chi connectivity index (χ4v) is 2.42. The molecule has 0 aliphatic carbocycles. The zero-order chi connectivity index (χ0) is 17.3. The van der Waals surface area contributed by atoms with E-state index in [1.54, 1.807) is 19.1 Å². The molecule has 0 radical (unpaired) electrons. The third-order valence-corrected chi connectivity index (χ3v) is 3.54. The first kappa shape index (κ1) is 16.0. The number of rotatable bonds is 4. The molecule has 24 heavy (non-hydrogen) atoms. The summed E-state index contributed by atoms with van der Waals surface area (Å²) in [4.78, 5) is 4.10. The van der Waals surface area contributed by atoms with Crippen molar-refractivity contribution in [1.29, 1.82) is 5.41 Å². The minimum atomic E-state index is -4.35. The van der Waals surface area contributed by atoms with Crippen LogP contribution in [0.1, 0.15) is 16.8 Å². The molecule has 2 aromatic heterocycles. The van der Waals surface area contributed by atoms with Crippen LogP contribution in [0, 0.1) is 12.3 Å². The van der Waals surface area contributed by atoms with E-state index in [2.05, 4.69) is 10.3 Å². The number of benzene rings is 1. The molecule has 2 heterocycles. The molecule has 124 valence electrons. The molecular formula is C17H14F3N3O. The first-order valence-corrected chi connectivity index (χ1v) is 7.18. The molecule has 2 N–H and O–H groups in total. The number of hydrogen-bond donors (Lipinski definition) is 2. The number of para-hydroxylation sites is 1. The summed E-state index contributed by atoms with van der Waals surface area (Å²) in [6, 6.07) is 8.68. The van der Waals surface area contributed by atoms with Crippen molar-refractivity contribution >= 4 is 22.4 Å². The number of nitrogens with zero attached hydrogens (tertiary/aromatic N) is 1. The van der Waals surface area contributed by atoms with Gasteiger partial charge in [0.15, 0.2) is 0 Å². The molecule has 0 aliphatic heterocycles. The minimum absolute atomic E-state index is 0.0529. The van der Waals surface area contributed by atoms with Crippen molar-refractivity contribution in [2.45, 2.75) is 13.1 Å². The van der Waals surface area contributed by atoms with Gasteiger partial charge in [0.25, 0.3) is 0 Å². The molecule has 0 unspecified atom stereocenters. The number of alkyl halides is 3. The summed E-state index contributed by atoms with van der Waals surface area (Å²) in [5.41, 5.74) is 2.24. The summed E-state index contributed by atoms with van der Waals surface area (Å²) < 4.78 is 42.9. The highest BCUT2D eigenvalue weighted by atomic mass is 19.4. The molecule has 0 amide bonds. The standard InChI is InChI=1S/C17H14F3N3O/c1-10-6-14(23-9-17(18,19)20)12(7-22-10)16(21)13-8-24-15-5-3-2-4-11(13)15/h2-8,21H,9H2,1H3,(H,22,23). The van der Waals surface area contributed by atoms with Gasteiger partial charge in [-0.25, -0.2) is 0 Å². The van der Waals surface area contributed by atoms with Gasteiger partial charge in [-0.3, -0.25) is 10.4 Å². The zero-order valence-corrected chi connectivity index (χ0v) is 12.7. The lowest BCUT2D eigenvalue weighted by Gasteiger charge is -2.14. The van der Waals surface area contributed by atoms with Gasteiger partial charge in [0.05, 0.1) is 5.71 Å². The van der Waals surface area contributed by atoms with Crippen LogP contribution < -0.4 is 5.32 Å². The van der Waals surface area contributed by atoms with Gasteiger partial charge in [0, 0.05) is 34.1 Å². The van der Waals surface area contributed by atoms with Gasteiger partial charge in [0.1, 0.15) is 18.4 Å². The van der Waals surface area contributed by atoms with Gasteiger partial charge in [-0.15, -0.1) is 0 Å². The van der Waals surface area contributed by atoms with Crippen molar-refractivity contribution in [1.82, 2.24) is 4.98 Å². The number of pyridine rings is 1. The van der Waals surface area contributed by atoms with Crippen molar-refractivity contribution in [3.05, 3.63) is 59.6 Å². The number of anilines is 1. The van der Waals surface area contributed by atoms with Crippen LogP contribution in [0.3, 0.4) is 0 Å². The monoisotopic (exact) mass is 333 g/mol. The smallest absolute Gasteiger partial charge is 0.405 e. The van der Waals surface area contributed by atoms with E-state index >= 15 is 0 Å². The Morgan fingerprint density at radius 1 is 1.25 bits per heavy atom. The summed E-state index contributed by atoms with van der Waals surface area (Å²) in [5, 5.41) is 11.5. The van der Waals surface area contributed by atoms with E-state index in [-0.39, 0.29) is 17.0 Å². The van der Waals surface area contributed by atoms with Gasteiger partial charge >= 0.3 is 6.18 Å². The topological polar surface area (TPSA) is 61.9 Å². The van der Waals surface area contributed by atoms with Crippen LogP contribution in [0.25, 0.3) is 11.0 Å². The highest BCUT2D eigenvalue weighted by Gasteiger charge is 2.27. The normalized spacial score (nSPS) is 11.7. The molecule has 0 aliphatic rings. The van der Waals surface area contributed by atoms with E-state index < -0.39 is 12.7 Å². The van der Waals surface area contributed by atoms with Gasteiger partial charge in [-0.1, -0.05) is 18.2 Å². The lowest BCUT2D eigenvalue weighted by Crippen LogP contribution is -2.22. The van der Waals surface area contributed by atoms with Gasteiger partial charge < -0.3 is 9.73 Å². The van der Waals surface area contributed by atoms with Crippen LogP contribution in [-0.4, -0.2) is 23.4 Å². The average molecular weight is 333 g/mol. The minimum Gasteiger partial charge on any atom is -0.464 e. The Kier molecular flexibility index (Phi) is 4.01. The number of hydrogen-bond acceptors (Lipinski definition) is 4. The highest BCUT2D eigenvalue weighted by Crippen LogP contribution is 2.27. The Labute approximate surface area is 135 Å². The lowest BCUT2D eigenvalue weighted by atomic mass is 10.0. The maximum atomic E-state index is 12.5. The van der Waals surface area contributed by atoms with Crippen LogP contribution in [0.15, 0.2) is 47.2 Å². The molecule has 0 saturated carbocycles. The van der Waals surface area contributed by atoms with Crippen molar-refractivity contribution in [2.24, 2.45) is 0 Å². The third-order valence-electron chi connectivity index (χ3n) is 3.54. The first-order valence-electron chi connectivity index (χ1n) is 7.18. The molecular weight excluding hydrogens is 319 g/mol. The largest absolute Gasteiger partial charge is 0.464 e. The zero-order valence-electron chi connectivity index (χ0n) is 12.7. The fourth-order valence-electron chi connectivity index (χ4n) is 2.42. The van der Waals surface area contributed by atoms with E-state index in [1.807, 2.05) is 12.1 Å². The molecule has 3 rings (SSSR count). The van der Waals surface area contributed by atoms with E-state index in [0.29, 0.717) is 16.8 Å². The molecule has 4 nitrogen and oxygen atoms in total. The maximum Gasteiger partial charge on any atom is 0.405 e. The maximum absolute atomic E-state index is 12.5. The van der Waals surface area contributed by atoms with Crippen molar-refractivity contribution in [3.8, 4) is 0 Å². The Balaban J connectivity index is 2.00. The van der Waals surface area contributed by atoms with Crippen LogP contribution in [0.4, 0.5) is 18.9 Å². The van der Waals surface area contributed by atoms with E-state index in [0.717, 1.165) is 5.39 Å². The van der Waals surface area contributed by atoms with Crippen LogP contribution in [0.5, 0.6) is 0 Å². The summed E-state index contributed by atoms with van der Waals surface area (Å²) in [7, 11) is 0. The molecule has 7 heteroatoms. The molecule has 0 spiro atoms. The summed E-state index contributed by atoms with van der Waals surface area (Å²) in [6.07, 6.45) is -1.52. The Bertz CT molecular complexity index is 899. The van der Waals surface area contributed by atoms with Gasteiger partial charge in [-0.05, 0) is 19.1 Å². The molecule has 0 saturated heterocycles. The average Bonchev–Trinajstić information content (AvgIpc) is 2.96. The lowest BCUT2D eigenvalue weighted by molar-refractivity contribution is -0.115. The van der Waals surface area contributed by atoms with Crippen molar-refractivity contribution in [3.63, 3.8) is 0 Å². The second kappa shape index (κ2) is 5.99. The van der Waals surface area contributed by atoms with Crippen LogP contribution >= 0.6 is 0 Å². The number of furan rings is 1. The number of aromatic nitrogens is 1. The Hall–Kier alpha value is -2.83. The number of halogens is 3. The molecule has 0 fully saturated rings. The summed E-state index contributed by atoms with van der Waals surface area (Å²) in [6.45, 7) is 0.502. The highest BCUT2D eigenvalue weighted by molar-refractivity contribution is 6.19. The van der Waals surface area contributed by atoms with Crippen LogP contribution in [0.2, 0.25) is 0 Å². The predicted molar refractivity (Wildman–Crippen MR) is 85.7 cm³/mol. The van der Waals surface area contributed by atoms with E-state index in [4.69, 9.17) is 9.83 Å². The molecule has 1 aromatic carbocycles. The van der Waals surface area contributed by atoms with Gasteiger partial charge in [0.2, 0.25) is 0 Å². The SMILES string of the molecule is Cc1cc(NCC(F)(F)F)c(C(=N)c2coc3ccccc23)cn1. The second-order valence-corrected chi connectivity index (χ2v) is 5.36. The number of nitrogens with one attached hydrogen (secondary N) is 2. The van der Waals surface area contributed by atoms with E-state index in [9.17, 15) is 13.2 Å². The van der Waals surface area contributed by atoms with E-state index in [1.165, 1.54) is 18.5 Å². The fraction of sp³-hybridized carbons (Fsp3) is 0.176. The summed E-state index contributed by atoms with van der Waals surface area (Å²) >= 11 is 0. The summed E-state index contributed by atoms with van der Waals surface area (Å²) in [5.74, 6) is 0. The third kappa shape index (κ3) is 3.24.